The summed E-state index contributed by atoms with van der Waals surface area (Å²) in [4.78, 5) is 2.12. The molecule has 1 aromatic heterocycles. The highest BCUT2D eigenvalue weighted by atomic mass is 19.1. The predicted molar refractivity (Wildman–Crippen MR) is 128 cm³/mol. The van der Waals surface area contributed by atoms with E-state index < -0.39 is 5.60 Å². The van der Waals surface area contributed by atoms with E-state index in [2.05, 4.69) is 10.00 Å². The summed E-state index contributed by atoms with van der Waals surface area (Å²) in [6.07, 6.45) is 4.50. The Bertz CT molecular complexity index is 1060. The van der Waals surface area contributed by atoms with Crippen LogP contribution in [0.1, 0.15) is 12.0 Å². The molecule has 4 rings (SSSR count). The van der Waals surface area contributed by atoms with Gasteiger partial charge in [0, 0.05) is 51.1 Å². The van der Waals surface area contributed by atoms with Crippen molar-refractivity contribution < 1.29 is 28.4 Å². The van der Waals surface area contributed by atoms with Crippen molar-refractivity contribution in [3.05, 3.63) is 72.3 Å². The molecule has 9 heteroatoms. The Labute approximate surface area is 204 Å². The summed E-state index contributed by atoms with van der Waals surface area (Å²) >= 11 is 0. The standard InChI is InChI=1S/C26H32FN3O5/c1-32-24-8-7-21(15-25(24)34-13-4-11-30-10-3-9-28-30)17-29-12-14-33-19-26(31,18-29)20-35-23-6-2-5-22(27)16-23/h2-3,5-10,15-16,31H,4,11-14,17-20H2,1H3/t26-/m1/s1. The first-order valence-electron chi connectivity index (χ1n) is 11.7. The Kier molecular flexibility index (Phi) is 8.57. The van der Waals surface area contributed by atoms with Crippen molar-refractivity contribution >= 4 is 0 Å². The molecule has 0 aliphatic carbocycles. The molecule has 0 radical (unpaired) electrons. The van der Waals surface area contributed by atoms with Crippen LogP contribution in [0.3, 0.4) is 0 Å². The molecule has 1 fully saturated rings. The molecule has 0 unspecified atom stereocenters. The minimum absolute atomic E-state index is 0.000178. The number of aromatic nitrogens is 2. The first-order chi connectivity index (χ1) is 17.0. The second-order valence-electron chi connectivity index (χ2n) is 8.69. The molecule has 0 amide bonds. The first kappa shape index (κ1) is 25.0. The van der Waals surface area contributed by atoms with E-state index in [1.54, 1.807) is 25.4 Å². The van der Waals surface area contributed by atoms with Crippen LogP contribution in [0.25, 0.3) is 0 Å². The second kappa shape index (κ2) is 12.0. The molecule has 1 aliphatic rings. The highest BCUT2D eigenvalue weighted by molar-refractivity contribution is 5.43. The van der Waals surface area contributed by atoms with Gasteiger partial charge < -0.3 is 24.1 Å². The quantitative estimate of drug-likeness (QED) is 0.418. The molecule has 1 saturated heterocycles. The van der Waals surface area contributed by atoms with E-state index in [0.29, 0.717) is 50.1 Å². The fourth-order valence-electron chi connectivity index (χ4n) is 4.03. The lowest BCUT2D eigenvalue weighted by Crippen LogP contribution is -2.48. The zero-order chi connectivity index (χ0) is 24.5. The summed E-state index contributed by atoms with van der Waals surface area (Å²) in [7, 11) is 1.62. The van der Waals surface area contributed by atoms with E-state index in [0.717, 1.165) is 18.5 Å². The SMILES string of the molecule is COc1ccc(CN2CCOC[C@@](O)(COc3cccc(F)c3)C2)cc1OCCCn1cccn1. The van der Waals surface area contributed by atoms with Crippen molar-refractivity contribution in [3.63, 3.8) is 0 Å². The van der Waals surface area contributed by atoms with Crippen LogP contribution < -0.4 is 14.2 Å². The van der Waals surface area contributed by atoms with E-state index in [-0.39, 0.29) is 19.0 Å². The molecule has 1 N–H and O–H groups in total. The molecule has 188 valence electrons. The number of aliphatic hydroxyl groups is 1. The maximum absolute atomic E-state index is 13.4. The van der Waals surface area contributed by atoms with Gasteiger partial charge >= 0.3 is 0 Å². The van der Waals surface area contributed by atoms with Crippen LogP contribution in [0.15, 0.2) is 60.9 Å². The third-order valence-corrected chi connectivity index (χ3v) is 5.73. The Morgan fingerprint density at radius 1 is 1.14 bits per heavy atom. The number of rotatable bonds is 11. The summed E-state index contributed by atoms with van der Waals surface area (Å²) in [6.45, 7) is 3.57. The van der Waals surface area contributed by atoms with Crippen LogP contribution >= 0.6 is 0 Å². The van der Waals surface area contributed by atoms with E-state index in [9.17, 15) is 9.50 Å². The van der Waals surface area contributed by atoms with Crippen molar-refractivity contribution in [1.29, 1.82) is 0 Å². The van der Waals surface area contributed by atoms with Gasteiger partial charge in [-0.25, -0.2) is 4.39 Å². The highest BCUT2D eigenvalue weighted by Crippen LogP contribution is 2.29. The molecule has 1 aliphatic heterocycles. The van der Waals surface area contributed by atoms with Crippen molar-refractivity contribution in [1.82, 2.24) is 14.7 Å². The molecule has 0 bridgehead atoms. The van der Waals surface area contributed by atoms with E-state index in [1.807, 2.05) is 35.1 Å². The van der Waals surface area contributed by atoms with Crippen molar-refractivity contribution in [2.45, 2.75) is 25.1 Å². The lowest BCUT2D eigenvalue weighted by molar-refractivity contribution is -0.0647. The van der Waals surface area contributed by atoms with E-state index >= 15 is 0 Å². The lowest BCUT2D eigenvalue weighted by atomic mass is 10.1. The first-order valence-corrected chi connectivity index (χ1v) is 11.7. The fourth-order valence-corrected chi connectivity index (χ4v) is 4.03. The maximum Gasteiger partial charge on any atom is 0.161 e. The minimum atomic E-state index is -1.22. The fraction of sp³-hybridized carbons (Fsp3) is 0.423. The number of halogens is 1. The normalized spacial score (nSPS) is 18.7. The second-order valence-corrected chi connectivity index (χ2v) is 8.69. The van der Waals surface area contributed by atoms with Crippen LogP contribution in [0.2, 0.25) is 0 Å². The van der Waals surface area contributed by atoms with Crippen molar-refractivity contribution in [2.75, 3.05) is 46.6 Å². The summed E-state index contributed by atoms with van der Waals surface area (Å²) in [5, 5.41) is 15.4. The van der Waals surface area contributed by atoms with Crippen LogP contribution in [0.5, 0.6) is 17.2 Å². The molecule has 1 atom stereocenters. The summed E-state index contributed by atoms with van der Waals surface area (Å²) < 4.78 is 38.1. The zero-order valence-corrected chi connectivity index (χ0v) is 19.9. The number of ether oxygens (including phenoxy) is 4. The molecule has 3 aromatic rings. The number of nitrogens with zero attached hydrogens (tertiary/aromatic N) is 3. The van der Waals surface area contributed by atoms with Gasteiger partial charge in [-0.05, 0) is 35.9 Å². The van der Waals surface area contributed by atoms with Crippen LogP contribution in [-0.2, 0) is 17.8 Å². The van der Waals surface area contributed by atoms with Gasteiger partial charge in [-0.1, -0.05) is 12.1 Å². The van der Waals surface area contributed by atoms with Crippen LogP contribution in [-0.4, -0.2) is 72.0 Å². The predicted octanol–water partition coefficient (Wildman–Crippen LogP) is 3.14. The number of hydrogen-bond acceptors (Lipinski definition) is 7. The van der Waals surface area contributed by atoms with Gasteiger partial charge in [0.05, 0.1) is 26.9 Å². The number of β-amino-alcohol motifs (C(OH)–C–C–N with tert-alkyl or cyclic N) is 1. The Morgan fingerprint density at radius 2 is 2.06 bits per heavy atom. The number of methoxy groups -OCH3 is 1. The summed E-state index contributed by atoms with van der Waals surface area (Å²) in [5.41, 5.74) is -0.190. The van der Waals surface area contributed by atoms with E-state index in [4.69, 9.17) is 18.9 Å². The van der Waals surface area contributed by atoms with Gasteiger partial charge in [0.1, 0.15) is 23.8 Å². The summed E-state index contributed by atoms with van der Waals surface area (Å²) in [6, 6.07) is 13.6. The number of benzene rings is 2. The van der Waals surface area contributed by atoms with Crippen LogP contribution in [0.4, 0.5) is 4.39 Å². The molecule has 2 aromatic carbocycles. The van der Waals surface area contributed by atoms with Gasteiger partial charge in [-0.2, -0.15) is 5.10 Å². The smallest absolute Gasteiger partial charge is 0.161 e. The zero-order valence-electron chi connectivity index (χ0n) is 19.9. The van der Waals surface area contributed by atoms with E-state index in [1.165, 1.54) is 12.1 Å². The molecule has 8 nitrogen and oxygen atoms in total. The Hall–Kier alpha value is -3.14. The van der Waals surface area contributed by atoms with Crippen LogP contribution in [0, 0.1) is 5.82 Å². The molecular weight excluding hydrogens is 453 g/mol. The highest BCUT2D eigenvalue weighted by Gasteiger charge is 2.33. The Balaban J connectivity index is 1.35. The summed E-state index contributed by atoms with van der Waals surface area (Å²) in [5.74, 6) is 1.35. The van der Waals surface area contributed by atoms with Gasteiger partial charge in [0.2, 0.25) is 0 Å². The average molecular weight is 486 g/mol. The average Bonchev–Trinajstić information content (AvgIpc) is 3.30. The third kappa shape index (κ3) is 7.42. The molecular formula is C26H32FN3O5. The Morgan fingerprint density at radius 3 is 2.86 bits per heavy atom. The van der Waals surface area contributed by atoms with Crippen molar-refractivity contribution in [2.24, 2.45) is 0 Å². The van der Waals surface area contributed by atoms with Gasteiger partial charge in [-0.15, -0.1) is 0 Å². The topological polar surface area (TPSA) is 78.2 Å². The molecule has 2 heterocycles. The van der Waals surface area contributed by atoms with Gasteiger partial charge in [0.15, 0.2) is 11.5 Å². The minimum Gasteiger partial charge on any atom is -0.493 e. The van der Waals surface area contributed by atoms with Crippen molar-refractivity contribution in [3.8, 4) is 17.2 Å². The number of aryl methyl sites for hydroxylation is 1. The lowest BCUT2D eigenvalue weighted by Gasteiger charge is -2.30. The monoisotopic (exact) mass is 485 g/mol. The molecule has 35 heavy (non-hydrogen) atoms. The molecule has 0 spiro atoms. The van der Waals surface area contributed by atoms with Gasteiger partial charge in [0.25, 0.3) is 0 Å². The van der Waals surface area contributed by atoms with Gasteiger partial charge in [-0.3, -0.25) is 9.58 Å². The maximum atomic E-state index is 13.4. The number of hydrogen-bond donors (Lipinski definition) is 1. The largest absolute Gasteiger partial charge is 0.493 e. The molecule has 0 saturated carbocycles. The third-order valence-electron chi connectivity index (χ3n) is 5.73.